The van der Waals surface area contributed by atoms with E-state index in [2.05, 4.69) is 26.2 Å². The first-order valence-electron chi connectivity index (χ1n) is 9.82. The van der Waals surface area contributed by atoms with Gasteiger partial charge in [-0.05, 0) is 39.1 Å². The summed E-state index contributed by atoms with van der Waals surface area (Å²) in [5.41, 5.74) is 5.55. The maximum absolute atomic E-state index is 9.71. The zero-order valence-electron chi connectivity index (χ0n) is 15.8. The lowest BCUT2D eigenvalue weighted by Crippen LogP contribution is -2.53. The fourth-order valence-electron chi connectivity index (χ4n) is 4.24. The third-order valence-electron chi connectivity index (χ3n) is 5.76. The SMILES string of the molecule is OCc1ccccc1-c1cc(N2CC(CN3CCOCC3)C2)c2nonc2c1. The van der Waals surface area contributed by atoms with Crippen molar-refractivity contribution in [3.05, 3.63) is 42.0 Å². The molecule has 2 aliphatic rings. The Morgan fingerprint density at radius 1 is 1.07 bits per heavy atom. The minimum Gasteiger partial charge on any atom is -0.392 e. The third-order valence-corrected chi connectivity index (χ3v) is 5.76. The maximum Gasteiger partial charge on any atom is 0.158 e. The van der Waals surface area contributed by atoms with Crippen LogP contribution < -0.4 is 4.90 Å². The molecular formula is C21H24N4O3. The molecule has 2 aromatic carbocycles. The van der Waals surface area contributed by atoms with E-state index in [1.54, 1.807) is 0 Å². The van der Waals surface area contributed by atoms with Crippen LogP contribution in [0.1, 0.15) is 5.56 Å². The Kier molecular flexibility index (Phi) is 4.72. The molecule has 7 nitrogen and oxygen atoms in total. The highest BCUT2D eigenvalue weighted by molar-refractivity contribution is 5.93. The highest BCUT2D eigenvalue weighted by Crippen LogP contribution is 2.36. The van der Waals surface area contributed by atoms with Crippen LogP contribution in [0.4, 0.5) is 5.69 Å². The summed E-state index contributed by atoms with van der Waals surface area (Å²) in [6, 6.07) is 12.0. The number of benzene rings is 2. The first-order chi connectivity index (χ1) is 13.8. The Bertz CT molecular complexity index is 961. The first kappa shape index (κ1) is 17.6. The molecule has 3 aromatic rings. The molecule has 0 atom stereocenters. The molecule has 1 N–H and O–H groups in total. The minimum atomic E-state index is 0.00590. The smallest absolute Gasteiger partial charge is 0.158 e. The van der Waals surface area contributed by atoms with E-state index >= 15 is 0 Å². The van der Waals surface area contributed by atoms with Crippen molar-refractivity contribution in [2.75, 3.05) is 50.8 Å². The van der Waals surface area contributed by atoms with Gasteiger partial charge in [0.1, 0.15) is 5.52 Å². The Hall–Kier alpha value is -2.48. The van der Waals surface area contributed by atoms with E-state index in [1.165, 1.54) is 0 Å². The summed E-state index contributed by atoms with van der Waals surface area (Å²) in [5, 5.41) is 17.9. The van der Waals surface area contributed by atoms with Crippen LogP contribution in [-0.4, -0.2) is 66.3 Å². The fraction of sp³-hybridized carbons (Fsp3) is 0.429. The second kappa shape index (κ2) is 7.50. The number of aromatic nitrogens is 2. The van der Waals surface area contributed by atoms with E-state index in [-0.39, 0.29) is 6.61 Å². The van der Waals surface area contributed by atoms with Gasteiger partial charge >= 0.3 is 0 Å². The van der Waals surface area contributed by atoms with E-state index in [0.717, 1.165) is 79.3 Å². The zero-order valence-corrected chi connectivity index (χ0v) is 15.8. The first-order valence-corrected chi connectivity index (χ1v) is 9.82. The molecule has 2 fully saturated rings. The van der Waals surface area contributed by atoms with Crippen molar-refractivity contribution >= 4 is 16.7 Å². The number of hydrogen-bond acceptors (Lipinski definition) is 7. The molecule has 0 saturated carbocycles. The van der Waals surface area contributed by atoms with Crippen LogP contribution in [0.3, 0.4) is 0 Å². The third kappa shape index (κ3) is 3.26. The van der Waals surface area contributed by atoms with Crippen molar-refractivity contribution < 1.29 is 14.5 Å². The fourth-order valence-corrected chi connectivity index (χ4v) is 4.24. The van der Waals surface area contributed by atoms with Gasteiger partial charge in [-0.25, -0.2) is 4.63 Å². The van der Waals surface area contributed by atoms with Gasteiger partial charge in [-0.1, -0.05) is 24.3 Å². The number of fused-ring (bicyclic) bond motifs is 1. The van der Waals surface area contributed by atoms with Gasteiger partial charge in [0.05, 0.1) is 25.5 Å². The van der Waals surface area contributed by atoms with Crippen molar-refractivity contribution in [1.29, 1.82) is 0 Å². The van der Waals surface area contributed by atoms with Gasteiger partial charge < -0.3 is 14.7 Å². The van der Waals surface area contributed by atoms with Crippen molar-refractivity contribution in [2.45, 2.75) is 6.61 Å². The molecule has 5 rings (SSSR count). The Morgan fingerprint density at radius 2 is 1.89 bits per heavy atom. The number of ether oxygens (including phenoxy) is 1. The van der Waals surface area contributed by atoms with Crippen molar-refractivity contribution in [1.82, 2.24) is 15.2 Å². The lowest BCUT2D eigenvalue weighted by molar-refractivity contribution is 0.0286. The number of anilines is 1. The molecule has 0 aliphatic carbocycles. The standard InChI is InChI=1S/C21H24N4O3/c26-14-16-3-1-2-4-18(16)17-9-19-21(23-28-22-19)20(10-17)25-12-15(13-25)11-24-5-7-27-8-6-24/h1-4,9-10,15,26H,5-8,11-14H2. The van der Waals surface area contributed by atoms with Gasteiger partial charge in [0.15, 0.2) is 5.52 Å². The summed E-state index contributed by atoms with van der Waals surface area (Å²) in [7, 11) is 0. The lowest BCUT2D eigenvalue weighted by atomic mass is 9.95. The second-order valence-electron chi connectivity index (χ2n) is 7.63. The quantitative estimate of drug-likeness (QED) is 0.727. The topological polar surface area (TPSA) is 74.9 Å². The number of morpholine rings is 1. The number of hydrogen-bond donors (Lipinski definition) is 1. The average molecular weight is 380 g/mol. The summed E-state index contributed by atoms with van der Waals surface area (Å²) in [4.78, 5) is 4.84. The number of nitrogens with zero attached hydrogens (tertiary/aromatic N) is 4. The summed E-state index contributed by atoms with van der Waals surface area (Å²) in [6.45, 7) is 6.87. The van der Waals surface area contributed by atoms with Crippen LogP contribution in [0.2, 0.25) is 0 Å². The Morgan fingerprint density at radius 3 is 2.71 bits per heavy atom. The zero-order chi connectivity index (χ0) is 18.9. The van der Waals surface area contributed by atoms with Crippen LogP contribution >= 0.6 is 0 Å². The molecule has 0 spiro atoms. The maximum atomic E-state index is 9.71. The molecular weight excluding hydrogens is 356 g/mol. The Labute approximate surface area is 163 Å². The van der Waals surface area contributed by atoms with Crippen LogP contribution in [0, 0.1) is 5.92 Å². The highest BCUT2D eigenvalue weighted by Gasteiger charge is 2.31. The lowest BCUT2D eigenvalue weighted by Gasteiger charge is -2.43. The number of aliphatic hydroxyl groups is 1. The summed E-state index contributed by atoms with van der Waals surface area (Å²) in [6.07, 6.45) is 0. The molecule has 7 heteroatoms. The molecule has 0 bridgehead atoms. The van der Waals surface area contributed by atoms with Crippen LogP contribution in [0.25, 0.3) is 22.2 Å². The molecule has 146 valence electrons. The van der Waals surface area contributed by atoms with Gasteiger partial charge in [0.2, 0.25) is 0 Å². The molecule has 0 unspecified atom stereocenters. The molecule has 0 radical (unpaired) electrons. The van der Waals surface area contributed by atoms with E-state index in [1.807, 2.05) is 30.3 Å². The van der Waals surface area contributed by atoms with Crippen LogP contribution in [0.5, 0.6) is 0 Å². The second-order valence-corrected chi connectivity index (χ2v) is 7.63. The largest absolute Gasteiger partial charge is 0.392 e. The van der Waals surface area contributed by atoms with Crippen molar-refractivity contribution in [3.8, 4) is 11.1 Å². The summed E-state index contributed by atoms with van der Waals surface area (Å²) < 4.78 is 10.5. The number of aliphatic hydroxyl groups excluding tert-OH is 1. The van der Waals surface area contributed by atoms with Gasteiger partial charge in [-0.2, -0.15) is 0 Å². The molecule has 3 heterocycles. The van der Waals surface area contributed by atoms with Gasteiger partial charge in [-0.15, -0.1) is 0 Å². The van der Waals surface area contributed by atoms with Crippen LogP contribution in [0.15, 0.2) is 41.0 Å². The molecule has 1 aromatic heterocycles. The van der Waals surface area contributed by atoms with Gasteiger partial charge in [0, 0.05) is 38.6 Å². The normalized spacial score (nSPS) is 18.5. The average Bonchev–Trinajstić information content (AvgIpc) is 3.19. The molecule has 0 amide bonds. The van der Waals surface area contributed by atoms with E-state index < -0.39 is 0 Å². The van der Waals surface area contributed by atoms with Crippen LogP contribution in [-0.2, 0) is 11.3 Å². The van der Waals surface area contributed by atoms with Gasteiger partial charge in [-0.3, -0.25) is 4.90 Å². The highest BCUT2D eigenvalue weighted by atomic mass is 16.6. The molecule has 28 heavy (non-hydrogen) atoms. The minimum absolute atomic E-state index is 0.00590. The van der Waals surface area contributed by atoms with Crippen molar-refractivity contribution in [2.24, 2.45) is 5.92 Å². The molecule has 2 aliphatic heterocycles. The van der Waals surface area contributed by atoms with Gasteiger partial charge in [0.25, 0.3) is 0 Å². The summed E-state index contributed by atoms with van der Waals surface area (Å²) in [5.74, 6) is 0.654. The van der Waals surface area contributed by atoms with Crippen molar-refractivity contribution in [3.63, 3.8) is 0 Å². The Balaban J connectivity index is 1.40. The summed E-state index contributed by atoms with van der Waals surface area (Å²) >= 11 is 0. The predicted molar refractivity (Wildman–Crippen MR) is 106 cm³/mol. The molecule has 2 saturated heterocycles. The predicted octanol–water partition coefficient (Wildman–Crippen LogP) is 2.15. The van der Waals surface area contributed by atoms with E-state index in [9.17, 15) is 5.11 Å². The van der Waals surface area contributed by atoms with E-state index in [4.69, 9.17) is 9.37 Å². The number of rotatable bonds is 5. The van der Waals surface area contributed by atoms with E-state index in [0.29, 0.717) is 5.92 Å². The monoisotopic (exact) mass is 380 g/mol.